The van der Waals surface area contributed by atoms with Gasteiger partial charge in [-0.1, -0.05) is 0 Å². The van der Waals surface area contributed by atoms with E-state index in [1.54, 1.807) is 7.11 Å². The maximum absolute atomic E-state index is 11.6. The summed E-state index contributed by atoms with van der Waals surface area (Å²) in [4.78, 5) is 14.1. The molecule has 0 radical (unpaired) electrons. The number of aryl methyl sites for hydroxylation is 1. The Morgan fingerprint density at radius 2 is 2.13 bits per heavy atom. The molecular weight excluding hydrogens is 290 g/mol. The SMILES string of the molecule is COc1ccc2c(c1)c(CN1C[C@H]3CNC(=O)C[C@H]3C1)cn2C. The van der Waals surface area contributed by atoms with Crippen molar-refractivity contribution in [1.82, 2.24) is 14.8 Å². The van der Waals surface area contributed by atoms with Crippen molar-refractivity contribution in [2.75, 3.05) is 26.7 Å². The first-order valence-corrected chi connectivity index (χ1v) is 8.25. The molecule has 2 saturated heterocycles. The number of hydrogen-bond donors (Lipinski definition) is 1. The number of carbonyl (C=O) groups excluding carboxylic acids is 1. The minimum Gasteiger partial charge on any atom is -0.497 e. The molecular formula is C18H23N3O2. The third-order valence-electron chi connectivity index (χ3n) is 5.33. The van der Waals surface area contributed by atoms with E-state index in [0.29, 0.717) is 18.3 Å². The van der Waals surface area contributed by atoms with Crippen LogP contribution in [0.15, 0.2) is 24.4 Å². The molecule has 2 aliphatic rings. The molecule has 4 rings (SSSR count). The van der Waals surface area contributed by atoms with Gasteiger partial charge in [-0.25, -0.2) is 0 Å². The highest BCUT2D eigenvalue weighted by Crippen LogP contribution is 2.32. The number of rotatable bonds is 3. The highest BCUT2D eigenvalue weighted by atomic mass is 16.5. The molecule has 5 heteroatoms. The molecule has 0 unspecified atom stereocenters. The van der Waals surface area contributed by atoms with Crippen LogP contribution in [0.5, 0.6) is 5.75 Å². The number of likely N-dealkylation sites (tertiary alicyclic amines) is 1. The zero-order valence-corrected chi connectivity index (χ0v) is 13.7. The smallest absolute Gasteiger partial charge is 0.220 e. The van der Waals surface area contributed by atoms with Crippen LogP contribution in [0.3, 0.4) is 0 Å². The van der Waals surface area contributed by atoms with Crippen LogP contribution in [0.2, 0.25) is 0 Å². The second-order valence-electron chi connectivity index (χ2n) is 6.87. The molecule has 3 heterocycles. The average Bonchev–Trinajstić information content (AvgIpc) is 3.08. The van der Waals surface area contributed by atoms with Crippen LogP contribution in [-0.4, -0.2) is 42.1 Å². The third kappa shape index (κ3) is 2.59. The number of nitrogens with zero attached hydrogens (tertiary/aromatic N) is 2. The summed E-state index contributed by atoms with van der Waals surface area (Å²) in [7, 11) is 3.80. The molecule has 0 bridgehead atoms. The number of ether oxygens (including phenoxy) is 1. The maximum Gasteiger partial charge on any atom is 0.220 e. The molecule has 0 spiro atoms. The van der Waals surface area contributed by atoms with Crippen LogP contribution in [0, 0.1) is 11.8 Å². The van der Waals surface area contributed by atoms with Crippen molar-refractivity contribution < 1.29 is 9.53 Å². The van der Waals surface area contributed by atoms with Crippen molar-refractivity contribution in [3.8, 4) is 5.75 Å². The Kier molecular flexibility index (Phi) is 3.53. The summed E-state index contributed by atoms with van der Waals surface area (Å²) in [6.45, 7) is 3.87. The Morgan fingerprint density at radius 3 is 2.96 bits per heavy atom. The van der Waals surface area contributed by atoms with E-state index in [1.165, 1.54) is 16.5 Å². The van der Waals surface area contributed by atoms with E-state index in [2.05, 4.69) is 40.2 Å². The quantitative estimate of drug-likeness (QED) is 0.939. The molecule has 2 aliphatic heterocycles. The fourth-order valence-corrected chi connectivity index (χ4v) is 4.13. The Morgan fingerprint density at radius 1 is 1.30 bits per heavy atom. The fourth-order valence-electron chi connectivity index (χ4n) is 4.13. The largest absolute Gasteiger partial charge is 0.497 e. The molecule has 122 valence electrons. The molecule has 0 aliphatic carbocycles. The zero-order chi connectivity index (χ0) is 16.0. The minimum atomic E-state index is 0.211. The number of fused-ring (bicyclic) bond motifs is 2. The van der Waals surface area contributed by atoms with Crippen LogP contribution in [-0.2, 0) is 18.4 Å². The molecule has 5 nitrogen and oxygen atoms in total. The highest BCUT2D eigenvalue weighted by molar-refractivity contribution is 5.85. The third-order valence-corrected chi connectivity index (χ3v) is 5.33. The van der Waals surface area contributed by atoms with Gasteiger partial charge < -0.3 is 14.6 Å². The predicted molar refractivity (Wildman–Crippen MR) is 89.4 cm³/mol. The summed E-state index contributed by atoms with van der Waals surface area (Å²) < 4.78 is 7.56. The number of aromatic nitrogens is 1. The van der Waals surface area contributed by atoms with Gasteiger partial charge in [0.2, 0.25) is 5.91 Å². The number of carbonyl (C=O) groups is 1. The standard InChI is InChI=1S/C18H23N3O2/c1-20-8-14(16-6-15(23-2)3-4-17(16)20)11-21-9-12-5-18(22)19-7-13(12)10-21/h3-4,6,8,12-13H,5,7,9-11H2,1-2H3,(H,19,22)/t12-,13+/m0/s1. The van der Waals surface area contributed by atoms with Gasteiger partial charge in [-0.15, -0.1) is 0 Å². The van der Waals surface area contributed by atoms with E-state index in [0.717, 1.165) is 31.9 Å². The van der Waals surface area contributed by atoms with Crippen molar-refractivity contribution in [1.29, 1.82) is 0 Å². The molecule has 0 saturated carbocycles. The average molecular weight is 313 g/mol. The van der Waals surface area contributed by atoms with E-state index >= 15 is 0 Å². The van der Waals surface area contributed by atoms with Gasteiger partial charge in [0.25, 0.3) is 0 Å². The van der Waals surface area contributed by atoms with E-state index in [4.69, 9.17) is 4.74 Å². The zero-order valence-electron chi connectivity index (χ0n) is 13.7. The van der Waals surface area contributed by atoms with Crippen molar-refractivity contribution in [3.05, 3.63) is 30.0 Å². The molecule has 2 fully saturated rings. The molecule has 1 N–H and O–H groups in total. The Balaban J connectivity index is 1.57. The molecule has 2 aromatic rings. The van der Waals surface area contributed by atoms with E-state index in [1.807, 2.05) is 6.07 Å². The normalized spacial score (nSPS) is 24.7. The lowest BCUT2D eigenvalue weighted by molar-refractivity contribution is -0.124. The lowest BCUT2D eigenvalue weighted by Gasteiger charge is -2.23. The van der Waals surface area contributed by atoms with Crippen molar-refractivity contribution in [2.24, 2.45) is 18.9 Å². The van der Waals surface area contributed by atoms with Gasteiger partial charge >= 0.3 is 0 Å². The van der Waals surface area contributed by atoms with Crippen LogP contribution < -0.4 is 10.1 Å². The van der Waals surface area contributed by atoms with Gasteiger partial charge in [0.05, 0.1) is 7.11 Å². The van der Waals surface area contributed by atoms with Crippen molar-refractivity contribution >= 4 is 16.8 Å². The monoisotopic (exact) mass is 313 g/mol. The van der Waals surface area contributed by atoms with Crippen LogP contribution in [0.1, 0.15) is 12.0 Å². The van der Waals surface area contributed by atoms with Gasteiger partial charge in [0, 0.05) is 56.7 Å². The first-order chi connectivity index (χ1) is 11.1. The van der Waals surface area contributed by atoms with Gasteiger partial charge in [-0.3, -0.25) is 9.69 Å². The van der Waals surface area contributed by atoms with E-state index < -0.39 is 0 Å². The number of amides is 1. The molecule has 2 atom stereocenters. The molecule has 1 amide bonds. The lowest BCUT2D eigenvalue weighted by Crippen LogP contribution is -2.39. The second-order valence-corrected chi connectivity index (χ2v) is 6.87. The first-order valence-electron chi connectivity index (χ1n) is 8.25. The topological polar surface area (TPSA) is 46.5 Å². The van der Waals surface area contributed by atoms with Gasteiger partial charge in [-0.2, -0.15) is 0 Å². The Bertz CT molecular complexity index is 752. The Labute approximate surface area is 136 Å². The Hall–Kier alpha value is -2.01. The molecule has 1 aromatic carbocycles. The summed E-state index contributed by atoms with van der Waals surface area (Å²) in [6, 6.07) is 6.25. The number of methoxy groups -OCH3 is 1. The van der Waals surface area contributed by atoms with Gasteiger partial charge in [0.1, 0.15) is 5.75 Å². The fraction of sp³-hybridized carbons (Fsp3) is 0.500. The van der Waals surface area contributed by atoms with Crippen molar-refractivity contribution in [3.63, 3.8) is 0 Å². The summed E-state index contributed by atoms with van der Waals surface area (Å²) >= 11 is 0. The van der Waals surface area contributed by atoms with Crippen molar-refractivity contribution in [2.45, 2.75) is 13.0 Å². The first kappa shape index (κ1) is 14.6. The predicted octanol–water partition coefficient (Wildman–Crippen LogP) is 1.75. The van der Waals surface area contributed by atoms with E-state index in [-0.39, 0.29) is 5.91 Å². The van der Waals surface area contributed by atoms with Gasteiger partial charge in [0.15, 0.2) is 0 Å². The summed E-state index contributed by atoms with van der Waals surface area (Å²) in [5.41, 5.74) is 2.56. The van der Waals surface area contributed by atoms with Crippen LogP contribution in [0.25, 0.3) is 10.9 Å². The minimum absolute atomic E-state index is 0.211. The number of hydrogen-bond acceptors (Lipinski definition) is 3. The summed E-state index contributed by atoms with van der Waals surface area (Å²) in [5.74, 6) is 2.24. The van der Waals surface area contributed by atoms with E-state index in [9.17, 15) is 4.79 Å². The number of benzene rings is 1. The highest BCUT2D eigenvalue weighted by Gasteiger charge is 2.37. The lowest BCUT2D eigenvalue weighted by atomic mass is 9.89. The number of nitrogens with one attached hydrogen (secondary N) is 1. The molecule has 1 aromatic heterocycles. The molecule has 23 heavy (non-hydrogen) atoms. The summed E-state index contributed by atoms with van der Waals surface area (Å²) in [6.07, 6.45) is 2.90. The van der Waals surface area contributed by atoms with Crippen LogP contribution in [0.4, 0.5) is 0 Å². The van der Waals surface area contributed by atoms with Crippen LogP contribution >= 0.6 is 0 Å². The second kappa shape index (κ2) is 5.57. The maximum atomic E-state index is 11.6. The number of piperidine rings is 1. The summed E-state index contributed by atoms with van der Waals surface area (Å²) in [5, 5.41) is 4.26. The van der Waals surface area contributed by atoms with Gasteiger partial charge in [-0.05, 0) is 35.6 Å².